The summed E-state index contributed by atoms with van der Waals surface area (Å²) in [7, 11) is 0. The molecule has 0 aromatic carbocycles. The highest BCUT2D eigenvalue weighted by Gasteiger charge is 2.59. The predicted molar refractivity (Wildman–Crippen MR) is 86.3 cm³/mol. The van der Waals surface area contributed by atoms with Gasteiger partial charge in [0, 0.05) is 10.3 Å². The number of nitrogens with zero attached hydrogens (tertiary/aromatic N) is 1. The van der Waals surface area contributed by atoms with Crippen LogP contribution in [0.3, 0.4) is 0 Å². The van der Waals surface area contributed by atoms with Crippen molar-refractivity contribution in [3.8, 4) is 0 Å². The third-order valence-electron chi connectivity index (χ3n) is 4.58. The molecule has 0 bridgehead atoms. The Kier molecular flexibility index (Phi) is 4.40. The van der Waals surface area contributed by atoms with Gasteiger partial charge in [-0.3, -0.25) is 9.59 Å². The van der Waals surface area contributed by atoms with E-state index in [9.17, 15) is 9.59 Å². The van der Waals surface area contributed by atoms with Crippen molar-refractivity contribution in [3.05, 3.63) is 22.4 Å². The number of hydrogen-bond acceptors (Lipinski definition) is 4. The fourth-order valence-electron chi connectivity index (χ4n) is 2.61. The van der Waals surface area contributed by atoms with Crippen LogP contribution in [0.2, 0.25) is 0 Å². The number of rotatable bonds is 5. The molecule has 0 saturated carbocycles. The lowest BCUT2D eigenvalue weighted by molar-refractivity contribution is -0.136. The van der Waals surface area contributed by atoms with Crippen LogP contribution < -0.4 is 0 Å². The molecule has 1 aromatic rings. The van der Waals surface area contributed by atoms with Crippen molar-refractivity contribution in [2.45, 2.75) is 39.6 Å². The van der Waals surface area contributed by atoms with Crippen molar-refractivity contribution >= 4 is 35.0 Å². The molecule has 1 N–H and O–H groups in total. The van der Waals surface area contributed by atoms with Crippen LogP contribution in [0, 0.1) is 10.8 Å². The van der Waals surface area contributed by atoms with Crippen molar-refractivity contribution in [3.63, 3.8) is 0 Å². The Labute approximate surface area is 133 Å². The molecule has 21 heavy (non-hydrogen) atoms. The molecule has 4 nitrogen and oxygen atoms in total. The first kappa shape index (κ1) is 16.4. The zero-order valence-corrected chi connectivity index (χ0v) is 14.4. The SMILES string of the molecule is CC1(C)C(=O)N(Cc2cccs2)C(SCC(=O)O)C1(C)C. The van der Waals surface area contributed by atoms with E-state index in [0.29, 0.717) is 6.54 Å². The summed E-state index contributed by atoms with van der Waals surface area (Å²) in [5.41, 5.74) is -0.790. The van der Waals surface area contributed by atoms with Crippen LogP contribution >= 0.6 is 23.1 Å². The molecule has 1 aliphatic heterocycles. The number of hydrogen-bond donors (Lipinski definition) is 1. The quantitative estimate of drug-likeness (QED) is 0.901. The Balaban J connectivity index is 2.29. The van der Waals surface area contributed by atoms with Crippen LogP contribution in [0.15, 0.2) is 17.5 Å². The maximum atomic E-state index is 12.8. The third-order valence-corrected chi connectivity index (χ3v) is 7.01. The van der Waals surface area contributed by atoms with Crippen molar-refractivity contribution in [2.75, 3.05) is 5.75 Å². The Morgan fingerprint density at radius 3 is 2.62 bits per heavy atom. The first-order valence-corrected chi connectivity index (χ1v) is 8.77. The number of carbonyl (C=O) groups excluding carboxylic acids is 1. The fourth-order valence-corrected chi connectivity index (χ4v) is 4.68. The summed E-state index contributed by atoms with van der Waals surface area (Å²) >= 11 is 2.96. The van der Waals surface area contributed by atoms with E-state index < -0.39 is 11.4 Å². The second-order valence-electron chi connectivity index (χ2n) is 6.42. The second kappa shape index (κ2) is 5.65. The Hall–Kier alpha value is -1.01. The average molecular weight is 327 g/mol. The van der Waals surface area contributed by atoms with E-state index in [1.54, 1.807) is 11.3 Å². The molecule has 1 aliphatic rings. The molecular weight excluding hydrogens is 306 g/mol. The van der Waals surface area contributed by atoms with E-state index >= 15 is 0 Å². The van der Waals surface area contributed by atoms with E-state index in [4.69, 9.17) is 5.11 Å². The molecule has 1 unspecified atom stereocenters. The molecule has 1 amide bonds. The number of carboxylic acid groups (broad SMARTS) is 1. The predicted octanol–water partition coefficient (Wildman–Crippen LogP) is 3.29. The van der Waals surface area contributed by atoms with Crippen molar-refractivity contribution in [2.24, 2.45) is 10.8 Å². The van der Waals surface area contributed by atoms with Gasteiger partial charge in [-0.15, -0.1) is 23.1 Å². The van der Waals surface area contributed by atoms with E-state index in [1.165, 1.54) is 11.8 Å². The van der Waals surface area contributed by atoms with Crippen molar-refractivity contribution in [1.82, 2.24) is 4.90 Å². The first-order valence-electron chi connectivity index (χ1n) is 6.85. The average Bonchev–Trinajstić information content (AvgIpc) is 2.91. The maximum Gasteiger partial charge on any atom is 0.313 e. The number of carboxylic acids is 1. The molecule has 116 valence electrons. The van der Waals surface area contributed by atoms with Gasteiger partial charge in [0.25, 0.3) is 0 Å². The topological polar surface area (TPSA) is 57.6 Å². The Morgan fingerprint density at radius 2 is 2.10 bits per heavy atom. The zero-order valence-electron chi connectivity index (χ0n) is 12.8. The largest absolute Gasteiger partial charge is 0.481 e. The first-order chi connectivity index (χ1) is 9.68. The van der Waals surface area contributed by atoms with Gasteiger partial charge in [-0.1, -0.05) is 33.8 Å². The summed E-state index contributed by atoms with van der Waals surface area (Å²) in [5.74, 6) is -0.730. The van der Waals surface area contributed by atoms with E-state index in [0.717, 1.165) is 4.88 Å². The molecule has 1 saturated heterocycles. The van der Waals surface area contributed by atoms with Crippen molar-refractivity contribution in [1.29, 1.82) is 0 Å². The molecule has 6 heteroatoms. The summed E-state index contributed by atoms with van der Waals surface area (Å²) in [4.78, 5) is 26.7. The highest BCUT2D eigenvalue weighted by molar-refractivity contribution is 8.00. The highest BCUT2D eigenvalue weighted by atomic mass is 32.2. The molecule has 2 heterocycles. The molecule has 0 spiro atoms. The summed E-state index contributed by atoms with van der Waals surface area (Å²) in [6.45, 7) is 8.58. The van der Waals surface area contributed by atoms with Crippen LogP contribution in [-0.2, 0) is 16.1 Å². The molecule has 1 atom stereocenters. The van der Waals surface area contributed by atoms with Gasteiger partial charge in [-0.25, -0.2) is 0 Å². The minimum atomic E-state index is -0.843. The van der Waals surface area contributed by atoms with Gasteiger partial charge in [0.1, 0.15) is 0 Å². The van der Waals surface area contributed by atoms with Gasteiger partial charge in [-0.05, 0) is 11.4 Å². The van der Waals surface area contributed by atoms with E-state index in [1.807, 2.05) is 36.3 Å². The second-order valence-corrected chi connectivity index (χ2v) is 8.52. The normalized spacial score (nSPS) is 23.5. The van der Waals surface area contributed by atoms with Crippen LogP contribution in [0.25, 0.3) is 0 Å². The number of thioether (sulfide) groups is 1. The highest BCUT2D eigenvalue weighted by Crippen LogP contribution is 2.54. The number of amides is 1. The van der Waals surface area contributed by atoms with Crippen LogP contribution in [-0.4, -0.2) is 33.0 Å². The van der Waals surface area contributed by atoms with Gasteiger partial charge >= 0.3 is 5.97 Å². The van der Waals surface area contributed by atoms with Gasteiger partial charge in [-0.2, -0.15) is 0 Å². The molecular formula is C15H21NO3S2. The smallest absolute Gasteiger partial charge is 0.313 e. The molecule has 1 aromatic heterocycles. The number of aliphatic carboxylic acids is 1. The minimum absolute atomic E-state index is 0.0123. The van der Waals surface area contributed by atoms with Gasteiger partial charge < -0.3 is 10.0 Å². The van der Waals surface area contributed by atoms with Crippen LogP contribution in [0.5, 0.6) is 0 Å². The number of thiophene rings is 1. The van der Waals surface area contributed by atoms with E-state index in [-0.39, 0.29) is 22.4 Å². The van der Waals surface area contributed by atoms with E-state index in [2.05, 4.69) is 13.8 Å². The molecule has 1 fully saturated rings. The lowest BCUT2D eigenvalue weighted by atomic mass is 9.70. The Morgan fingerprint density at radius 1 is 1.43 bits per heavy atom. The molecule has 2 rings (SSSR count). The maximum absolute atomic E-state index is 12.8. The number of carbonyl (C=O) groups is 2. The fraction of sp³-hybridized carbons (Fsp3) is 0.600. The molecule has 0 aliphatic carbocycles. The standard InChI is InChI=1S/C15H21NO3S2/c1-14(2)12(19)16(8-10-6-5-7-20-10)13(15(14,3)4)21-9-11(17)18/h5-7,13H,8-9H2,1-4H3,(H,17,18). The third kappa shape index (κ3) is 2.83. The van der Waals surface area contributed by atoms with Crippen LogP contribution in [0.4, 0.5) is 0 Å². The molecule has 0 radical (unpaired) electrons. The zero-order chi connectivity index (χ0) is 15.8. The van der Waals surface area contributed by atoms with Gasteiger partial charge in [0.15, 0.2) is 0 Å². The Bertz CT molecular complexity index is 537. The lowest BCUT2D eigenvalue weighted by Gasteiger charge is -2.36. The lowest BCUT2D eigenvalue weighted by Crippen LogP contribution is -2.37. The van der Waals surface area contributed by atoms with Crippen molar-refractivity contribution < 1.29 is 14.7 Å². The summed E-state index contributed by atoms with van der Waals surface area (Å²) in [6.07, 6.45) is 0. The monoisotopic (exact) mass is 327 g/mol. The summed E-state index contributed by atoms with van der Waals surface area (Å²) < 4.78 is 0. The summed E-state index contributed by atoms with van der Waals surface area (Å²) in [6, 6.07) is 3.98. The summed E-state index contributed by atoms with van der Waals surface area (Å²) in [5, 5.41) is 10.8. The van der Waals surface area contributed by atoms with Gasteiger partial charge in [0.05, 0.1) is 23.1 Å². The van der Waals surface area contributed by atoms with Gasteiger partial charge in [0.2, 0.25) is 5.91 Å². The minimum Gasteiger partial charge on any atom is -0.481 e. The van der Waals surface area contributed by atoms with Crippen LogP contribution in [0.1, 0.15) is 32.6 Å². The number of likely N-dealkylation sites (tertiary alicyclic amines) is 1.